The Bertz CT molecular complexity index is 1230. The molecule has 4 heterocycles. The van der Waals surface area contributed by atoms with Crippen LogP contribution in [0.25, 0.3) is 33.2 Å². The second kappa shape index (κ2) is 7.25. The van der Waals surface area contributed by atoms with E-state index in [0.29, 0.717) is 10.4 Å². The van der Waals surface area contributed by atoms with Crippen molar-refractivity contribution in [2.45, 2.75) is 33.6 Å². The van der Waals surface area contributed by atoms with E-state index >= 15 is 0 Å². The third-order valence-electron chi connectivity index (χ3n) is 6.10. The van der Waals surface area contributed by atoms with Crippen LogP contribution >= 0.6 is 11.6 Å². The Balaban J connectivity index is 0.00000218. The summed E-state index contributed by atoms with van der Waals surface area (Å²) in [7, 11) is 1.90. The van der Waals surface area contributed by atoms with Crippen LogP contribution in [-0.4, -0.2) is 37.8 Å². The maximum absolute atomic E-state index is 6.74. The third-order valence-corrected chi connectivity index (χ3v) is 6.51. The van der Waals surface area contributed by atoms with Gasteiger partial charge >= 0.3 is 0 Å². The molecule has 7 nitrogen and oxygen atoms in total. The van der Waals surface area contributed by atoms with Gasteiger partial charge in [-0.2, -0.15) is 5.10 Å². The average molecular weight is 426 g/mol. The number of rotatable bonds is 2. The van der Waals surface area contributed by atoms with Crippen LogP contribution < -0.4 is 11.1 Å². The molecule has 1 aliphatic heterocycles. The lowest BCUT2D eigenvalue weighted by Crippen LogP contribution is -2.38. The van der Waals surface area contributed by atoms with Gasteiger partial charge in [-0.3, -0.25) is 4.68 Å². The minimum atomic E-state index is 0. The molecule has 0 unspecified atom stereocenters. The molecule has 30 heavy (non-hydrogen) atoms. The highest BCUT2D eigenvalue weighted by molar-refractivity contribution is 6.38. The van der Waals surface area contributed by atoms with E-state index in [-0.39, 0.29) is 6.15 Å². The van der Waals surface area contributed by atoms with E-state index in [1.165, 1.54) is 12.8 Å². The highest BCUT2D eigenvalue weighted by atomic mass is 35.5. The first kappa shape index (κ1) is 20.6. The molecule has 4 N–H and O–H groups in total. The minimum Gasteiger partial charge on any atom is -0.355 e. The van der Waals surface area contributed by atoms with Gasteiger partial charge in [0.25, 0.3) is 0 Å². The highest BCUT2D eigenvalue weighted by Gasteiger charge is 2.27. The fourth-order valence-electron chi connectivity index (χ4n) is 4.22. The number of hydrogen-bond donors (Lipinski definition) is 2. The molecule has 1 aromatic carbocycles. The van der Waals surface area contributed by atoms with Gasteiger partial charge in [-0.15, -0.1) is 0 Å². The number of aromatic amines is 1. The standard InChI is InChI=1S/C22H25ClN6.H3N/c1-13-21(29-9-7-22(2,3)8-10-29)26-20-19(25-13)15(11-24-20)14-5-6-17-16(18(14)23)12-28(4)27-17;/h5-6,11-12H,7-10H2,1-4H3,(H,24,26);1H3. The monoisotopic (exact) mass is 425 g/mol. The Morgan fingerprint density at radius 1 is 1.10 bits per heavy atom. The van der Waals surface area contributed by atoms with Crippen LogP contribution in [0.4, 0.5) is 5.82 Å². The molecule has 0 aliphatic carbocycles. The van der Waals surface area contributed by atoms with Gasteiger partial charge in [-0.1, -0.05) is 31.5 Å². The van der Waals surface area contributed by atoms with Gasteiger partial charge in [0.2, 0.25) is 0 Å². The van der Waals surface area contributed by atoms with Crippen molar-refractivity contribution in [3.05, 3.63) is 35.2 Å². The van der Waals surface area contributed by atoms with Crippen LogP contribution in [0.5, 0.6) is 0 Å². The fourth-order valence-corrected chi connectivity index (χ4v) is 4.53. The van der Waals surface area contributed by atoms with Crippen molar-refractivity contribution >= 4 is 39.5 Å². The Kier molecular flexibility index (Phi) is 4.98. The van der Waals surface area contributed by atoms with Crippen molar-refractivity contribution in [2.75, 3.05) is 18.0 Å². The molecule has 1 saturated heterocycles. The van der Waals surface area contributed by atoms with Crippen LogP contribution in [0, 0.1) is 12.3 Å². The number of aromatic nitrogens is 5. The van der Waals surface area contributed by atoms with Gasteiger partial charge in [0.1, 0.15) is 5.52 Å². The quantitative estimate of drug-likeness (QED) is 0.456. The summed E-state index contributed by atoms with van der Waals surface area (Å²) in [5.41, 5.74) is 5.82. The van der Waals surface area contributed by atoms with E-state index < -0.39 is 0 Å². The van der Waals surface area contributed by atoms with E-state index in [4.69, 9.17) is 21.6 Å². The van der Waals surface area contributed by atoms with E-state index in [2.05, 4.69) is 28.8 Å². The highest BCUT2D eigenvalue weighted by Crippen LogP contribution is 2.38. The average Bonchev–Trinajstić information content (AvgIpc) is 3.25. The third kappa shape index (κ3) is 3.32. The molecular formula is C22H28ClN7. The first-order valence-corrected chi connectivity index (χ1v) is 10.4. The van der Waals surface area contributed by atoms with Crippen molar-refractivity contribution in [1.82, 2.24) is 30.9 Å². The zero-order chi connectivity index (χ0) is 20.3. The number of anilines is 1. The van der Waals surface area contributed by atoms with E-state index in [0.717, 1.165) is 57.8 Å². The first-order valence-electron chi connectivity index (χ1n) is 10.1. The fraction of sp³-hybridized carbons (Fsp3) is 0.409. The number of hydrogen-bond acceptors (Lipinski definition) is 5. The van der Waals surface area contributed by atoms with Crippen LogP contribution in [0.15, 0.2) is 24.5 Å². The lowest BCUT2D eigenvalue weighted by atomic mass is 9.83. The number of aryl methyl sites for hydroxylation is 2. The Hall–Kier alpha value is -2.64. The Morgan fingerprint density at radius 3 is 2.57 bits per heavy atom. The molecule has 5 rings (SSSR count). The number of nitrogens with one attached hydrogen (secondary N) is 1. The maximum Gasteiger partial charge on any atom is 0.159 e. The van der Waals surface area contributed by atoms with Gasteiger partial charge in [0.15, 0.2) is 11.5 Å². The van der Waals surface area contributed by atoms with Gasteiger partial charge < -0.3 is 16.0 Å². The summed E-state index contributed by atoms with van der Waals surface area (Å²) >= 11 is 6.74. The lowest BCUT2D eigenvalue weighted by Gasteiger charge is -2.37. The number of benzene rings is 1. The summed E-state index contributed by atoms with van der Waals surface area (Å²) in [6.45, 7) is 8.76. The summed E-state index contributed by atoms with van der Waals surface area (Å²) in [5.74, 6) is 0.982. The second-order valence-electron chi connectivity index (χ2n) is 8.85. The van der Waals surface area contributed by atoms with Gasteiger partial charge in [-0.25, -0.2) is 9.97 Å². The van der Waals surface area contributed by atoms with E-state index in [9.17, 15) is 0 Å². The van der Waals surface area contributed by atoms with Gasteiger partial charge in [0, 0.05) is 49.0 Å². The number of H-pyrrole nitrogens is 1. The minimum absolute atomic E-state index is 0. The number of halogens is 1. The van der Waals surface area contributed by atoms with E-state index in [1.54, 1.807) is 4.68 Å². The molecule has 3 aromatic heterocycles. The number of piperidine rings is 1. The van der Waals surface area contributed by atoms with Crippen LogP contribution in [-0.2, 0) is 7.05 Å². The molecule has 0 bridgehead atoms. The molecule has 0 spiro atoms. The topological polar surface area (TPSA) is 97.6 Å². The molecular weight excluding hydrogens is 398 g/mol. The lowest BCUT2D eigenvalue weighted by molar-refractivity contribution is 0.279. The summed E-state index contributed by atoms with van der Waals surface area (Å²) in [4.78, 5) is 15.5. The second-order valence-corrected chi connectivity index (χ2v) is 9.22. The zero-order valence-electron chi connectivity index (χ0n) is 18.0. The van der Waals surface area contributed by atoms with Crippen molar-refractivity contribution in [2.24, 2.45) is 12.5 Å². The predicted molar refractivity (Wildman–Crippen MR) is 124 cm³/mol. The smallest absolute Gasteiger partial charge is 0.159 e. The molecule has 0 atom stereocenters. The molecule has 158 valence electrons. The number of nitrogens with zero attached hydrogens (tertiary/aromatic N) is 5. The first-order chi connectivity index (χ1) is 13.8. The Labute approximate surface area is 181 Å². The molecule has 0 saturated carbocycles. The van der Waals surface area contributed by atoms with Gasteiger partial charge in [0.05, 0.1) is 16.2 Å². The summed E-state index contributed by atoms with van der Waals surface area (Å²) in [5, 5.41) is 6.07. The van der Waals surface area contributed by atoms with Crippen LogP contribution in [0.2, 0.25) is 5.02 Å². The van der Waals surface area contributed by atoms with Crippen molar-refractivity contribution in [1.29, 1.82) is 0 Å². The molecule has 1 aliphatic rings. The van der Waals surface area contributed by atoms with Crippen LogP contribution in [0.3, 0.4) is 0 Å². The molecule has 1 fully saturated rings. The van der Waals surface area contributed by atoms with Gasteiger partial charge in [-0.05, 0) is 31.2 Å². The zero-order valence-corrected chi connectivity index (χ0v) is 18.7. The molecule has 0 amide bonds. The largest absolute Gasteiger partial charge is 0.355 e. The van der Waals surface area contributed by atoms with E-state index in [1.807, 2.05) is 38.5 Å². The molecule has 8 heteroatoms. The normalized spacial score (nSPS) is 16.2. The summed E-state index contributed by atoms with van der Waals surface area (Å²) in [6, 6.07) is 4.01. The SMILES string of the molecule is Cc1nc2c(-c3ccc4nn(C)cc4c3Cl)c[nH]c2nc1N1CCC(C)(C)CC1.N. The van der Waals surface area contributed by atoms with Crippen molar-refractivity contribution in [3.63, 3.8) is 0 Å². The van der Waals surface area contributed by atoms with Crippen molar-refractivity contribution < 1.29 is 0 Å². The predicted octanol–water partition coefficient (Wildman–Crippen LogP) is 5.26. The van der Waals surface area contributed by atoms with Crippen LogP contribution in [0.1, 0.15) is 32.4 Å². The maximum atomic E-state index is 6.74. The van der Waals surface area contributed by atoms with Crippen molar-refractivity contribution in [3.8, 4) is 11.1 Å². The summed E-state index contributed by atoms with van der Waals surface area (Å²) in [6.07, 6.45) is 6.24. The summed E-state index contributed by atoms with van der Waals surface area (Å²) < 4.78 is 1.78. The molecule has 4 aromatic rings. The number of fused-ring (bicyclic) bond motifs is 2. The molecule has 0 radical (unpaired) electrons. The Morgan fingerprint density at radius 2 is 1.83 bits per heavy atom.